The lowest BCUT2D eigenvalue weighted by atomic mass is 10.0. The minimum absolute atomic E-state index is 0.115. The summed E-state index contributed by atoms with van der Waals surface area (Å²) in [6, 6.07) is 23.4. The summed E-state index contributed by atoms with van der Waals surface area (Å²) in [5.74, 6) is -0.756. The molecule has 1 heterocycles. The molecule has 1 aliphatic rings. The van der Waals surface area contributed by atoms with E-state index in [1.807, 2.05) is 0 Å². The minimum Gasteiger partial charge on any atom is -0.497 e. The quantitative estimate of drug-likeness (QED) is 0.486. The highest BCUT2D eigenvalue weighted by molar-refractivity contribution is 6.46. The smallest absolute Gasteiger partial charge is 0.343 e. The molecule has 4 amide bonds. The number of benzene rings is 3. The van der Waals surface area contributed by atoms with Crippen molar-refractivity contribution < 1.29 is 19.1 Å². The molecule has 0 bridgehead atoms. The molecule has 0 radical (unpaired) electrons. The fourth-order valence-electron chi connectivity index (χ4n) is 3.24. The zero-order valence-corrected chi connectivity index (χ0v) is 16.2. The van der Waals surface area contributed by atoms with Gasteiger partial charge >= 0.3 is 6.03 Å². The lowest BCUT2D eigenvalue weighted by Crippen LogP contribution is -2.57. The average Bonchev–Trinajstić information content (AvgIpc) is 2.78. The van der Waals surface area contributed by atoms with Crippen LogP contribution in [0, 0.1) is 0 Å². The van der Waals surface area contributed by atoms with Crippen LogP contribution < -0.4 is 14.5 Å². The van der Waals surface area contributed by atoms with Crippen molar-refractivity contribution in [3.8, 4) is 5.75 Å². The maximum absolute atomic E-state index is 13.2. The second-order valence-corrected chi connectivity index (χ2v) is 6.57. The van der Waals surface area contributed by atoms with Gasteiger partial charge in [-0.3, -0.25) is 9.59 Å². The number of nitrogens with zero attached hydrogens (tertiary/aromatic N) is 2. The van der Waals surface area contributed by atoms with E-state index in [1.165, 1.54) is 13.2 Å². The Bertz CT molecular complexity index is 1080. The van der Waals surface area contributed by atoms with Crippen molar-refractivity contribution in [2.75, 3.05) is 16.9 Å². The van der Waals surface area contributed by atoms with Crippen LogP contribution in [-0.2, 0) is 9.59 Å². The third kappa shape index (κ3) is 3.46. The second-order valence-electron chi connectivity index (χ2n) is 6.57. The number of imide groups is 2. The number of carbonyl (C=O) groups excluding carboxylic acids is 3. The Hall–Kier alpha value is -4.19. The first kappa shape index (κ1) is 19.1. The van der Waals surface area contributed by atoms with Gasteiger partial charge in [0.05, 0.1) is 18.5 Å². The van der Waals surface area contributed by atoms with Crippen LogP contribution in [0.2, 0.25) is 0 Å². The Balaban J connectivity index is 1.86. The highest BCUT2D eigenvalue weighted by atomic mass is 16.5. The summed E-state index contributed by atoms with van der Waals surface area (Å²) in [7, 11) is 1.54. The van der Waals surface area contributed by atoms with Crippen molar-refractivity contribution in [1.29, 1.82) is 0 Å². The van der Waals surface area contributed by atoms with Crippen molar-refractivity contribution >= 4 is 35.3 Å². The van der Waals surface area contributed by atoms with E-state index >= 15 is 0 Å². The van der Waals surface area contributed by atoms with Gasteiger partial charge in [-0.2, -0.15) is 0 Å². The molecule has 0 spiro atoms. The summed E-state index contributed by atoms with van der Waals surface area (Å²) >= 11 is 0. The number of hydrogen-bond acceptors (Lipinski definition) is 4. The normalized spacial score (nSPS) is 14.2. The zero-order chi connectivity index (χ0) is 21.1. The van der Waals surface area contributed by atoms with Crippen LogP contribution in [0.4, 0.5) is 16.2 Å². The Morgan fingerprint density at radius 1 is 0.700 bits per heavy atom. The molecule has 3 aromatic carbocycles. The first-order valence-electron chi connectivity index (χ1n) is 9.29. The standard InChI is InChI=1S/C24H18N2O4/c1-30-20-14-8-9-17(15-20)16-21-22(27)25(18-10-4-2-5-11-18)24(29)26(23(21)28)19-12-6-3-7-13-19/h2-16H,1H3. The van der Waals surface area contributed by atoms with Crippen molar-refractivity contribution in [2.24, 2.45) is 0 Å². The third-order valence-corrected chi connectivity index (χ3v) is 4.68. The molecular formula is C24H18N2O4. The van der Waals surface area contributed by atoms with E-state index in [2.05, 4.69) is 0 Å². The van der Waals surface area contributed by atoms with Gasteiger partial charge in [-0.05, 0) is 48.0 Å². The minimum atomic E-state index is -0.717. The summed E-state index contributed by atoms with van der Waals surface area (Å²) in [6.45, 7) is 0. The van der Waals surface area contributed by atoms with Crippen LogP contribution in [0.1, 0.15) is 5.56 Å². The van der Waals surface area contributed by atoms with Gasteiger partial charge in [0.1, 0.15) is 11.3 Å². The lowest BCUT2D eigenvalue weighted by Gasteiger charge is -2.33. The molecule has 6 nitrogen and oxygen atoms in total. The van der Waals surface area contributed by atoms with Crippen molar-refractivity contribution in [3.63, 3.8) is 0 Å². The highest BCUT2D eigenvalue weighted by Gasteiger charge is 2.43. The molecule has 1 aliphatic heterocycles. The fraction of sp³-hybridized carbons (Fsp3) is 0.0417. The van der Waals surface area contributed by atoms with Crippen LogP contribution in [0.5, 0.6) is 5.75 Å². The van der Waals surface area contributed by atoms with Crippen LogP contribution in [0.3, 0.4) is 0 Å². The number of carbonyl (C=O) groups is 3. The van der Waals surface area contributed by atoms with Gasteiger partial charge in [0.25, 0.3) is 11.8 Å². The molecule has 1 fully saturated rings. The molecule has 0 atom stereocenters. The van der Waals surface area contributed by atoms with E-state index in [0.717, 1.165) is 9.80 Å². The van der Waals surface area contributed by atoms with Gasteiger partial charge in [-0.25, -0.2) is 14.6 Å². The molecule has 0 aromatic heterocycles. The van der Waals surface area contributed by atoms with Gasteiger partial charge in [0, 0.05) is 0 Å². The second kappa shape index (κ2) is 8.05. The van der Waals surface area contributed by atoms with Crippen LogP contribution in [0.15, 0.2) is 90.5 Å². The maximum atomic E-state index is 13.2. The molecular weight excluding hydrogens is 380 g/mol. The molecule has 3 aromatic rings. The number of ether oxygens (including phenoxy) is 1. The van der Waals surface area contributed by atoms with Crippen LogP contribution in [-0.4, -0.2) is 25.0 Å². The van der Waals surface area contributed by atoms with E-state index in [9.17, 15) is 14.4 Å². The Morgan fingerprint density at radius 3 is 1.73 bits per heavy atom. The predicted molar refractivity (Wildman–Crippen MR) is 114 cm³/mol. The molecule has 6 heteroatoms. The van der Waals surface area contributed by atoms with E-state index in [4.69, 9.17) is 4.74 Å². The SMILES string of the molecule is COc1cccc(C=C2C(=O)N(c3ccccc3)C(=O)N(c3ccccc3)C2=O)c1. The Labute approximate surface area is 173 Å². The van der Waals surface area contributed by atoms with Crippen molar-refractivity contribution in [1.82, 2.24) is 0 Å². The van der Waals surface area contributed by atoms with Gasteiger partial charge in [-0.15, -0.1) is 0 Å². The highest BCUT2D eigenvalue weighted by Crippen LogP contribution is 2.29. The van der Waals surface area contributed by atoms with Crippen LogP contribution in [0.25, 0.3) is 6.08 Å². The van der Waals surface area contributed by atoms with E-state index in [-0.39, 0.29) is 5.57 Å². The van der Waals surface area contributed by atoms with Gasteiger partial charge < -0.3 is 4.74 Å². The monoisotopic (exact) mass is 398 g/mol. The van der Waals surface area contributed by atoms with E-state index in [1.54, 1.807) is 84.9 Å². The van der Waals surface area contributed by atoms with Crippen molar-refractivity contribution in [2.45, 2.75) is 0 Å². The summed E-state index contributed by atoms with van der Waals surface area (Å²) in [4.78, 5) is 41.7. The predicted octanol–water partition coefficient (Wildman–Crippen LogP) is 4.28. The zero-order valence-electron chi connectivity index (χ0n) is 16.2. The van der Waals surface area contributed by atoms with Gasteiger partial charge in [0.15, 0.2) is 0 Å². The summed E-state index contributed by atoms with van der Waals surface area (Å²) in [5, 5.41) is 0. The molecule has 30 heavy (non-hydrogen) atoms. The largest absolute Gasteiger partial charge is 0.497 e. The number of para-hydroxylation sites is 2. The summed E-state index contributed by atoms with van der Waals surface area (Å²) in [5.41, 5.74) is 1.27. The number of anilines is 2. The molecule has 0 unspecified atom stereocenters. The topological polar surface area (TPSA) is 66.9 Å². The lowest BCUT2D eigenvalue weighted by molar-refractivity contribution is -0.121. The maximum Gasteiger partial charge on any atom is 0.343 e. The van der Waals surface area contributed by atoms with Crippen LogP contribution >= 0.6 is 0 Å². The molecule has 1 saturated heterocycles. The molecule has 4 rings (SSSR count). The number of urea groups is 1. The number of methoxy groups -OCH3 is 1. The van der Waals surface area contributed by atoms with E-state index in [0.29, 0.717) is 22.7 Å². The molecule has 0 saturated carbocycles. The number of amides is 4. The number of rotatable bonds is 4. The summed E-state index contributed by atoms with van der Waals surface area (Å²) < 4.78 is 5.22. The fourth-order valence-corrected chi connectivity index (χ4v) is 3.24. The van der Waals surface area contributed by atoms with E-state index < -0.39 is 17.8 Å². The van der Waals surface area contributed by atoms with Gasteiger partial charge in [-0.1, -0.05) is 48.5 Å². The van der Waals surface area contributed by atoms with Crippen molar-refractivity contribution in [3.05, 3.63) is 96.1 Å². The number of barbiturate groups is 1. The first-order chi connectivity index (χ1) is 14.6. The molecule has 148 valence electrons. The molecule has 0 N–H and O–H groups in total. The Kier molecular flexibility index (Phi) is 5.13. The molecule has 0 aliphatic carbocycles. The third-order valence-electron chi connectivity index (χ3n) is 4.68. The first-order valence-corrected chi connectivity index (χ1v) is 9.29. The van der Waals surface area contributed by atoms with Gasteiger partial charge in [0.2, 0.25) is 0 Å². The average molecular weight is 398 g/mol. The number of hydrogen-bond donors (Lipinski definition) is 0. The summed E-state index contributed by atoms with van der Waals surface area (Å²) in [6.07, 6.45) is 1.48. The Morgan fingerprint density at radius 2 is 1.23 bits per heavy atom.